The van der Waals surface area contributed by atoms with Crippen molar-refractivity contribution in [3.8, 4) is 5.75 Å². The molecule has 31 heavy (non-hydrogen) atoms. The molecule has 9 nitrogen and oxygen atoms in total. The standard InChI is InChI=1S/C21H23ClN6O3/c1-27(2)19-10-15-17(11-23-19)24-12-25-20(15)26-13-3-4-18(16(22)9-13)31-14-5-7-28(8-6-14)21(29)30/h3-4,9-12,14H,5-8H2,1-2H3,(H,29,30)(H,24,25,26). The number of aromatic nitrogens is 3. The number of likely N-dealkylation sites (tertiary alicyclic amines) is 1. The van der Waals surface area contributed by atoms with Gasteiger partial charge in [0.15, 0.2) is 0 Å². The minimum atomic E-state index is -0.891. The zero-order valence-electron chi connectivity index (χ0n) is 17.2. The smallest absolute Gasteiger partial charge is 0.407 e. The number of nitrogens with zero attached hydrogens (tertiary/aromatic N) is 5. The first kappa shape index (κ1) is 20.9. The summed E-state index contributed by atoms with van der Waals surface area (Å²) in [5, 5.41) is 13.7. The van der Waals surface area contributed by atoms with Crippen LogP contribution in [0.3, 0.4) is 0 Å². The number of hydrogen-bond donors (Lipinski definition) is 2. The van der Waals surface area contributed by atoms with E-state index in [2.05, 4.69) is 20.3 Å². The molecule has 1 aliphatic rings. The van der Waals surface area contributed by atoms with Gasteiger partial charge in [0, 0.05) is 51.1 Å². The number of anilines is 3. The summed E-state index contributed by atoms with van der Waals surface area (Å²) in [5.41, 5.74) is 1.50. The summed E-state index contributed by atoms with van der Waals surface area (Å²) in [6.45, 7) is 0.920. The van der Waals surface area contributed by atoms with E-state index in [9.17, 15) is 4.79 Å². The van der Waals surface area contributed by atoms with Gasteiger partial charge < -0.3 is 25.0 Å². The molecule has 3 heterocycles. The Morgan fingerprint density at radius 3 is 2.68 bits per heavy atom. The fourth-order valence-corrected chi connectivity index (χ4v) is 3.67. The van der Waals surface area contributed by atoms with Crippen molar-refractivity contribution in [1.82, 2.24) is 19.9 Å². The zero-order chi connectivity index (χ0) is 22.0. The topological polar surface area (TPSA) is 104 Å². The minimum Gasteiger partial charge on any atom is -0.489 e. The lowest BCUT2D eigenvalue weighted by atomic mass is 10.1. The third-order valence-corrected chi connectivity index (χ3v) is 5.46. The number of carbonyl (C=O) groups is 1. The van der Waals surface area contributed by atoms with E-state index in [-0.39, 0.29) is 6.10 Å². The van der Waals surface area contributed by atoms with Crippen molar-refractivity contribution >= 4 is 45.9 Å². The molecule has 0 radical (unpaired) electrons. The van der Waals surface area contributed by atoms with Crippen LogP contribution < -0.4 is 15.0 Å². The highest BCUT2D eigenvalue weighted by Gasteiger charge is 2.24. The van der Waals surface area contributed by atoms with Crippen molar-refractivity contribution in [2.45, 2.75) is 18.9 Å². The number of fused-ring (bicyclic) bond motifs is 1. The molecule has 1 aliphatic heterocycles. The number of benzene rings is 1. The molecule has 0 saturated carbocycles. The molecule has 1 amide bonds. The summed E-state index contributed by atoms with van der Waals surface area (Å²) in [7, 11) is 3.85. The minimum absolute atomic E-state index is 0.0605. The molecular weight excluding hydrogens is 420 g/mol. The first-order valence-electron chi connectivity index (χ1n) is 9.90. The van der Waals surface area contributed by atoms with Gasteiger partial charge in [-0.1, -0.05) is 11.6 Å². The maximum atomic E-state index is 11.0. The Morgan fingerprint density at radius 1 is 1.23 bits per heavy atom. The summed E-state index contributed by atoms with van der Waals surface area (Å²) >= 11 is 6.46. The number of amides is 1. The van der Waals surface area contributed by atoms with Crippen molar-refractivity contribution in [3.63, 3.8) is 0 Å². The molecule has 4 rings (SSSR count). The van der Waals surface area contributed by atoms with Crippen molar-refractivity contribution in [3.05, 3.63) is 41.8 Å². The Bertz CT molecular complexity index is 1100. The van der Waals surface area contributed by atoms with E-state index in [0.717, 1.165) is 22.4 Å². The van der Waals surface area contributed by atoms with Crippen molar-refractivity contribution in [2.75, 3.05) is 37.4 Å². The van der Waals surface area contributed by atoms with E-state index in [1.807, 2.05) is 37.2 Å². The number of ether oxygens (including phenoxy) is 1. The fourth-order valence-electron chi connectivity index (χ4n) is 3.45. The lowest BCUT2D eigenvalue weighted by Gasteiger charge is -2.30. The molecule has 3 aromatic rings. The number of halogens is 1. The molecule has 0 atom stereocenters. The van der Waals surface area contributed by atoms with Crippen molar-refractivity contribution in [1.29, 1.82) is 0 Å². The Balaban J connectivity index is 1.49. The van der Waals surface area contributed by atoms with Crippen LogP contribution in [-0.2, 0) is 0 Å². The quantitative estimate of drug-likeness (QED) is 0.610. The Kier molecular flexibility index (Phi) is 5.94. The van der Waals surface area contributed by atoms with E-state index >= 15 is 0 Å². The lowest BCUT2D eigenvalue weighted by Crippen LogP contribution is -2.41. The van der Waals surface area contributed by atoms with E-state index < -0.39 is 6.09 Å². The molecule has 1 saturated heterocycles. The molecule has 10 heteroatoms. The van der Waals surface area contributed by atoms with Crippen LogP contribution >= 0.6 is 11.6 Å². The van der Waals surface area contributed by atoms with Crippen LogP contribution in [0.1, 0.15) is 12.8 Å². The molecule has 1 aromatic carbocycles. The third kappa shape index (κ3) is 4.72. The second-order valence-electron chi connectivity index (χ2n) is 7.53. The van der Waals surface area contributed by atoms with Crippen molar-refractivity contribution in [2.24, 2.45) is 0 Å². The highest BCUT2D eigenvalue weighted by Crippen LogP contribution is 2.32. The van der Waals surface area contributed by atoms with Crippen LogP contribution in [0.2, 0.25) is 5.02 Å². The summed E-state index contributed by atoms with van der Waals surface area (Å²) in [6, 6.07) is 7.39. The van der Waals surface area contributed by atoms with Crippen LogP contribution in [0.5, 0.6) is 5.75 Å². The fraction of sp³-hybridized carbons (Fsp3) is 0.333. The number of nitrogens with one attached hydrogen (secondary N) is 1. The molecule has 1 fully saturated rings. The molecule has 0 bridgehead atoms. The molecule has 0 spiro atoms. The average molecular weight is 443 g/mol. The number of carboxylic acid groups (broad SMARTS) is 1. The maximum absolute atomic E-state index is 11.0. The predicted molar refractivity (Wildman–Crippen MR) is 120 cm³/mol. The molecule has 2 N–H and O–H groups in total. The van der Waals surface area contributed by atoms with E-state index in [1.54, 1.807) is 12.3 Å². The Morgan fingerprint density at radius 2 is 2.00 bits per heavy atom. The van der Waals surface area contributed by atoms with Gasteiger partial charge in [0.1, 0.15) is 29.8 Å². The summed E-state index contributed by atoms with van der Waals surface area (Å²) in [6.07, 6.45) is 3.53. The Hall–Kier alpha value is -3.33. The first-order chi connectivity index (χ1) is 14.9. The highest BCUT2D eigenvalue weighted by molar-refractivity contribution is 6.32. The average Bonchev–Trinajstić information content (AvgIpc) is 2.76. The monoisotopic (exact) mass is 442 g/mol. The van der Waals surface area contributed by atoms with Gasteiger partial charge in [0.2, 0.25) is 0 Å². The first-order valence-corrected chi connectivity index (χ1v) is 10.3. The summed E-state index contributed by atoms with van der Waals surface area (Å²) < 4.78 is 6.01. The van der Waals surface area contributed by atoms with Gasteiger partial charge in [-0.3, -0.25) is 0 Å². The zero-order valence-corrected chi connectivity index (χ0v) is 18.0. The van der Waals surface area contributed by atoms with Crippen LogP contribution in [0, 0.1) is 0 Å². The Labute approximate surface area is 184 Å². The van der Waals surface area contributed by atoms with Crippen LogP contribution in [0.4, 0.5) is 22.1 Å². The number of rotatable bonds is 5. The van der Waals surface area contributed by atoms with Crippen LogP contribution in [-0.4, -0.2) is 64.3 Å². The number of hydrogen-bond acceptors (Lipinski definition) is 7. The molecule has 0 aliphatic carbocycles. The highest BCUT2D eigenvalue weighted by atomic mass is 35.5. The van der Waals surface area contributed by atoms with Gasteiger partial charge in [-0.05, 0) is 24.3 Å². The van der Waals surface area contributed by atoms with Gasteiger partial charge in [-0.25, -0.2) is 19.7 Å². The van der Waals surface area contributed by atoms with Gasteiger partial charge in [0.05, 0.1) is 16.7 Å². The van der Waals surface area contributed by atoms with Gasteiger partial charge in [-0.2, -0.15) is 0 Å². The SMILES string of the molecule is CN(C)c1cc2c(Nc3ccc(OC4CCN(C(=O)O)CC4)c(Cl)c3)ncnc2cn1. The second kappa shape index (κ2) is 8.81. The molecule has 2 aromatic heterocycles. The maximum Gasteiger partial charge on any atom is 0.407 e. The van der Waals surface area contributed by atoms with Gasteiger partial charge >= 0.3 is 6.09 Å². The number of piperidine rings is 1. The second-order valence-corrected chi connectivity index (χ2v) is 7.94. The molecule has 162 valence electrons. The molecule has 0 unspecified atom stereocenters. The van der Waals surface area contributed by atoms with E-state index in [1.165, 1.54) is 11.2 Å². The predicted octanol–water partition coefficient (Wildman–Crippen LogP) is 4.01. The third-order valence-electron chi connectivity index (χ3n) is 5.17. The largest absolute Gasteiger partial charge is 0.489 e. The van der Waals surface area contributed by atoms with Gasteiger partial charge in [-0.15, -0.1) is 0 Å². The molecular formula is C21H23ClN6O3. The number of pyridine rings is 1. The van der Waals surface area contributed by atoms with Crippen molar-refractivity contribution < 1.29 is 14.6 Å². The summed E-state index contributed by atoms with van der Waals surface area (Å²) in [5.74, 6) is 2.04. The van der Waals surface area contributed by atoms with Crippen LogP contribution in [0.15, 0.2) is 36.8 Å². The van der Waals surface area contributed by atoms with E-state index in [4.69, 9.17) is 21.4 Å². The normalized spacial score (nSPS) is 14.5. The summed E-state index contributed by atoms with van der Waals surface area (Å²) in [4.78, 5) is 27.4. The van der Waals surface area contributed by atoms with E-state index in [0.29, 0.717) is 42.5 Å². The van der Waals surface area contributed by atoms with Crippen LogP contribution in [0.25, 0.3) is 10.9 Å². The lowest BCUT2D eigenvalue weighted by molar-refractivity contribution is 0.0895. The van der Waals surface area contributed by atoms with Gasteiger partial charge in [0.25, 0.3) is 0 Å².